The van der Waals surface area contributed by atoms with Crippen LogP contribution in [-0.4, -0.2) is 30.5 Å². The third-order valence-electron chi connectivity index (χ3n) is 5.49. The number of para-hydroxylation sites is 2. The van der Waals surface area contributed by atoms with Gasteiger partial charge in [-0.25, -0.2) is 0 Å². The van der Waals surface area contributed by atoms with E-state index in [2.05, 4.69) is 10.2 Å². The first-order valence-electron chi connectivity index (χ1n) is 12.5. The first kappa shape index (κ1) is 27.5. The van der Waals surface area contributed by atoms with Gasteiger partial charge in [0.15, 0.2) is 23.3 Å². The van der Waals surface area contributed by atoms with Crippen molar-refractivity contribution >= 4 is 40.4 Å². The van der Waals surface area contributed by atoms with Crippen molar-refractivity contribution in [1.29, 1.82) is 0 Å². The number of rotatable bonds is 11. The minimum atomic E-state index is -0.210. The molecule has 0 aromatic heterocycles. The van der Waals surface area contributed by atoms with Gasteiger partial charge in [0.05, 0.1) is 12.8 Å². The zero-order chi connectivity index (χ0) is 27.3. The third-order valence-corrected chi connectivity index (χ3v) is 6.34. The van der Waals surface area contributed by atoms with Crippen LogP contribution in [0.5, 0.6) is 11.5 Å². The summed E-state index contributed by atoms with van der Waals surface area (Å²) in [5.41, 5.74) is 9.43. The maximum atomic E-state index is 13.3. The molecule has 39 heavy (non-hydrogen) atoms. The van der Waals surface area contributed by atoms with E-state index in [1.165, 1.54) is 11.8 Å². The quantitative estimate of drug-likeness (QED) is 0.135. The van der Waals surface area contributed by atoms with Crippen molar-refractivity contribution in [2.45, 2.75) is 12.7 Å². The molecule has 0 fully saturated rings. The molecule has 0 saturated carbocycles. The van der Waals surface area contributed by atoms with Gasteiger partial charge in [-0.2, -0.15) is 5.10 Å². The summed E-state index contributed by atoms with van der Waals surface area (Å²) in [7, 11) is 0. The summed E-state index contributed by atoms with van der Waals surface area (Å²) in [5.74, 6) is 1.48. The molecule has 0 aliphatic rings. The molecule has 0 saturated heterocycles. The lowest BCUT2D eigenvalue weighted by Crippen LogP contribution is -2.31. The second-order valence-electron chi connectivity index (χ2n) is 8.29. The number of carbonyl (C=O) groups is 1. The molecule has 4 aromatic carbocycles. The number of hydrogen-bond acceptors (Lipinski definition) is 6. The van der Waals surface area contributed by atoms with Gasteiger partial charge in [0.1, 0.15) is 0 Å². The molecule has 198 valence electrons. The summed E-state index contributed by atoms with van der Waals surface area (Å²) in [5, 5.41) is 8.56. The fourth-order valence-corrected chi connectivity index (χ4v) is 4.31. The number of nitrogens with two attached hydrogens (primary N) is 1. The zero-order valence-corrected chi connectivity index (χ0v) is 22.5. The number of ether oxygens (including phenoxy) is 2. The van der Waals surface area contributed by atoms with Crippen LogP contribution in [0.3, 0.4) is 0 Å². The largest absolute Gasteiger partial charge is 0.490 e. The van der Waals surface area contributed by atoms with E-state index >= 15 is 0 Å². The molecule has 2 N–H and O–H groups in total. The predicted molar refractivity (Wildman–Crippen MR) is 160 cm³/mol. The molecular weight excluding hydrogens is 508 g/mol. The van der Waals surface area contributed by atoms with Crippen LogP contribution < -0.4 is 20.1 Å². The Kier molecular flexibility index (Phi) is 10.1. The number of benzene rings is 4. The summed E-state index contributed by atoms with van der Waals surface area (Å²) in [6, 6.07) is 34.4. The molecule has 0 atom stereocenters. The van der Waals surface area contributed by atoms with Gasteiger partial charge in [-0.15, -0.1) is 5.10 Å². The average Bonchev–Trinajstić information content (AvgIpc) is 2.98. The Bertz CT molecular complexity index is 1360. The lowest BCUT2D eigenvalue weighted by molar-refractivity contribution is -0.119. The normalized spacial score (nSPS) is 11.4. The first-order chi connectivity index (χ1) is 19.1. The van der Waals surface area contributed by atoms with Crippen molar-refractivity contribution in [2.75, 3.05) is 18.1 Å². The summed E-state index contributed by atoms with van der Waals surface area (Å²) in [6.07, 6.45) is 1.60. The highest BCUT2D eigenvalue weighted by Gasteiger charge is 2.19. The number of carbonyl (C=O) groups excluding carboxylic acids is 1. The molecule has 0 bridgehead atoms. The summed E-state index contributed by atoms with van der Waals surface area (Å²) in [4.78, 5) is 15.0. The van der Waals surface area contributed by atoms with Gasteiger partial charge in [0, 0.05) is 17.1 Å². The van der Waals surface area contributed by atoms with Crippen LogP contribution in [0.25, 0.3) is 0 Å². The number of nitrogens with zero attached hydrogens (tertiary/aromatic N) is 3. The van der Waals surface area contributed by atoms with E-state index < -0.39 is 0 Å². The van der Waals surface area contributed by atoms with E-state index in [0.29, 0.717) is 23.3 Å². The number of hydrogen-bond donors (Lipinski definition) is 1. The number of anilines is 2. The number of amidine groups is 1. The molecule has 4 rings (SSSR count). The Balaban J connectivity index is 1.42. The molecule has 7 nitrogen and oxygen atoms in total. The average molecular weight is 539 g/mol. The van der Waals surface area contributed by atoms with E-state index in [1.807, 2.05) is 104 Å². The van der Waals surface area contributed by atoms with Gasteiger partial charge < -0.3 is 15.2 Å². The number of thioether (sulfide) groups is 1. The topological polar surface area (TPSA) is 89.5 Å². The Morgan fingerprint density at radius 1 is 0.846 bits per heavy atom. The minimum Gasteiger partial charge on any atom is -0.490 e. The molecule has 4 aromatic rings. The summed E-state index contributed by atoms with van der Waals surface area (Å²) < 4.78 is 11.7. The van der Waals surface area contributed by atoms with Crippen LogP contribution >= 0.6 is 11.8 Å². The highest BCUT2D eigenvalue weighted by Crippen LogP contribution is 2.29. The molecular formula is C31H30N4O3S. The highest BCUT2D eigenvalue weighted by atomic mass is 32.2. The van der Waals surface area contributed by atoms with Crippen LogP contribution in [0.15, 0.2) is 119 Å². The van der Waals surface area contributed by atoms with E-state index in [4.69, 9.17) is 15.2 Å². The second kappa shape index (κ2) is 14.4. The minimum absolute atomic E-state index is 0.170. The van der Waals surface area contributed by atoms with Crippen LogP contribution in [0.2, 0.25) is 0 Å². The maximum absolute atomic E-state index is 13.3. The van der Waals surface area contributed by atoms with E-state index in [1.54, 1.807) is 23.2 Å². The Morgan fingerprint density at radius 3 is 2.08 bits per heavy atom. The molecule has 0 aliphatic heterocycles. The molecule has 0 spiro atoms. The van der Waals surface area contributed by atoms with E-state index in [0.717, 1.165) is 28.3 Å². The van der Waals surface area contributed by atoms with Crippen LogP contribution in [0.1, 0.15) is 18.1 Å². The SMILES string of the molecule is CCOc1cc(C=NN=C(N)SCc2ccccc2)ccc1OCC(=O)N(c1ccccc1)c1ccccc1. The lowest BCUT2D eigenvalue weighted by Gasteiger charge is -2.23. The van der Waals surface area contributed by atoms with Crippen LogP contribution in [-0.2, 0) is 10.5 Å². The Hall–Kier alpha value is -4.56. The van der Waals surface area contributed by atoms with Gasteiger partial charge >= 0.3 is 0 Å². The van der Waals surface area contributed by atoms with Gasteiger partial charge in [-0.3, -0.25) is 9.69 Å². The third kappa shape index (κ3) is 8.21. The molecule has 0 unspecified atom stereocenters. The Labute approximate surface area is 233 Å². The van der Waals surface area contributed by atoms with Crippen LogP contribution in [0, 0.1) is 0 Å². The molecule has 8 heteroatoms. The van der Waals surface area contributed by atoms with E-state index in [-0.39, 0.29) is 12.5 Å². The standard InChI is InChI=1S/C31H30N4O3S/c1-2-37-29-20-25(21-33-34-31(32)39-23-24-12-6-3-7-13-24)18-19-28(29)38-22-30(36)35(26-14-8-4-9-15-26)27-16-10-5-11-17-27/h3-21H,2,22-23H2,1H3,(H2,32,34). The van der Waals surface area contributed by atoms with Crippen molar-refractivity contribution in [3.63, 3.8) is 0 Å². The summed E-state index contributed by atoms with van der Waals surface area (Å²) in [6.45, 7) is 2.15. The number of amides is 1. The zero-order valence-electron chi connectivity index (χ0n) is 21.6. The lowest BCUT2D eigenvalue weighted by atomic mass is 10.2. The molecule has 0 heterocycles. The van der Waals surface area contributed by atoms with Gasteiger partial charge in [0.2, 0.25) is 0 Å². The van der Waals surface area contributed by atoms with Gasteiger partial charge in [-0.05, 0) is 60.5 Å². The maximum Gasteiger partial charge on any atom is 0.269 e. The monoisotopic (exact) mass is 538 g/mol. The predicted octanol–water partition coefficient (Wildman–Crippen LogP) is 6.41. The summed E-state index contributed by atoms with van der Waals surface area (Å²) >= 11 is 1.42. The van der Waals surface area contributed by atoms with Gasteiger partial charge in [-0.1, -0.05) is 78.5 Å². The van der Waals surface area contributed by atoms with Crippen molar-refractivity contribution in [3.05, 3.63) is 120 Å². The van der Waals surface area contributed by atoms with E-state index in [9.17, 15) is 4.79 Å². The van der Waals surface area contributed by atoms with Crippen LogP contribution in [0.4, 0.5) is 11.4 Å². The van der Waals surface area contributed by atoms with Crippen molar-refractivity contribution < 1.29 is 14.3 Å². The van der Waals surface area contributed by atoms with Crippen molar-refractivity contribution in [2.24, 2.45) is 15.9 Å². The first-order valence-corrected chi connectivity index (χ1v) is 13.5. The molecule has 0 radical (unpaired) electrons. The smallest absolute Gasteiger partial charge is 0.269 e. The van der Waals surface area contributed by atoms with Gasteiger partial charge in [0.25, 0.3) is 5.91 Å². The second-order valence-corrected chi connectivity index (χ2v) is 9.28. The Morgan fingerprint density at radius 2 is 1.46 bits per heavy atom. The fourth-order valence-electron chi connectivity index (χ4n) is 3.70. The highest BCUT2D eigenvalue weighted by molar-refractivity contribution is 8.13. The molecule has 0 aliphatic carbocycles. The van der Waals surface area contributed by atoms with Crippen molar-refractivity contribution in [3.8, 4) is 11.5 Å². The molecule has 1 amide bonds. The van der Waals surface area contributed by atoms with Crippen molar-refractivity contribution in [1.82, 2.24) is 0 Å². The fraction of sp³-hybridized carbons (Fsp3) is 0.129.